The molecule has 0 unspecified atom stereocenters. The van der Waals surface area contributed by atoms with E-state index in [0.29, 0.717) is 0 Å². The fourth-order valence-electron chi connectivity index (χ4n) is 0.742. The molecule has 0 fully saturated rings. The molecular formula is C7H13N3O2. The Labute approximate surface area is 71.2 Å². The third kappa shape index (κ3) is 2.69. The van der Waals surface area contributed by atoms with Gasteiger partial charge in [0.05, 0.1) is 0 Å². The van der Waals surface area contributed by atoms with Crippen molar-refractivity contribution in [3.8, 4) is 0 Å². The molecule has 0 aliphatic heterocycles. The van der Waals surface area contributed by atoms with Crippen LogP contribution in [0.25, 0.3) is 0 Å². The molecule has 0 bridgehead atoms. The number of carbonyl (C=O) groups is 2. The average Bonchev–Trinajstić information content (AvgIpc) is 1.85. The summed E-state index contributed by atoms with van der Waals surface area (Å²) in [6.07, 6.45) is 1.32. The molecule has 0 aromatic rings. The molecule has 0 saturated heterocycles. The lowest BCUT2D eigenvalue weighted by Gasteiger charge is -2.19. The van der Waals surface area contributed by atoms with Gasteiger partial charge >= 0.3 is 12.1 Å². The minimum atomic E-state index is -0.777. The molecule has 0 aliphatic rings. The van der Waals surface area contributed by atoms with Gasteiger partial charge in [0.15, 0.2) is 0 Å². The third-order valence-corrected chi connectivity index (χ3v) is 1.20. The van der Waals surface area contributed by atoms with Crippen LogP contribution in [0, 0.1) is 0 Å². The second kappa shape index (κ2) is 4.48. The Bertz CT molecular complexity index is 211. The highest BCUT2D eigenvalue weighted by Crippen LogP contribution is 2.00. The molecule has 0 heterocycles. The molecule has 0 aromatic carbocycles. The van der Waals surface area contributed by atoms with Crippen LogP contribution in [0.1, 0.15) is 20.8 Å². The Morgan fingerprint density at radius 2 is 2.00 bits per heavy atom. The molecule has 12 heavy (non-hydrogen) atoms. The van der Waals surface area contributed by atoms with Crippen LogP contribution in [0.15, 0.2) is 4.99 Å². The van der Waals surface area contributed by atoms with Gasteiger partial charge in [-0.25, -0.2) is 19.5 Å². The topological polar surface area (TPSA) is 75.8 Å². The van der Waals surface area contributed by atoms with Gasteiger partial charge in [0.1, 0.15) is 0 Å². The van der Waals surface area contributed by atoms with Gasteiger partial charge < -0.3 is 5.73 Å². The number of nitrogens with two attached hydrogens (primary N) is 1. The molecule has 0 aliphatic carbocycles. The number of hydrogen-bond donors (Lipinski definition) is 1. The SMILES string of the molecule is CC=NC(=O)N(C(N)=O)C(C)C. The number of rotatable bonds is 1. The molecule has 0 radical (unpaired) electrons. The fourth-order valence-corrected chi connectivity index (χ4v) is 0.742. The van der Waals surface area contributed by atoms with Crippen molar-refractivity contribution < 1.29 is 9.59 Å². The van der Waals surface area contributed by atoms with Crippen molar-refractivity contribution in [2.45, 2.75) is 26.8 Å². The Balaban J connectivity index is 4.52. The maximum absolute atomic E-state index is 11.1. The van der Waals surface area contributed by atoms with E-state index >= 15 is 0 Å². The number of urea groups is 2. The van der Waals surface area contributed by atoms with E-state index in [1.54, 1.807) is 20.8 Å². The highest BCUT2D eigenvalue weighted by molar-refractivity contribution is 5.96. The zero-order valence-corrected chi connectivity index (χ0v) is 7.44. The van der Waals surface area contributed by atoms with E-state index in [1.807, 2.05) is 0 Å². The van der Waals surface area contributed by atoms with Crippen molar-refractivity contribution >= 4 is 18.3 Å². The summed E-state index contributed by atoms with van der Waals surface area (Å²) in [6.45, 7) is 4.97. The Morgan fingerprint density at radius 3 is 2.25 bits per heavy atom. The first kappa shape index (κ1) is 10.6. The van der Waals surface area contributed by atoms with E-state index < -0.39 is 12.1 Å². The maximum atomic E-state index is 11.1. The summed E-state index contributed by atoms with van der Waals surface area (Å²) in [6, 6.07) is -1.67. The van der Waals surface area contributed by atoms with E-state index in [9.17, 15) is 9.59 Å². The van der Waals surface area contributed by atoms with Crippen molar-refractivity contribution in [2.24, 2.45) is 10.7 Å². The molecule has 0 saturated carbocycles. The predicted molar refractivity (Wildman–Crippen MR) is 46.1 cm³/mol. The van der Waals surface area contributed by atoms with Crippen LogP contribution in [-0.2, 0) is 0 Å². The minimum absolute atomic E-state index is 0.265. The first-order valence-electron chi connectivity index (χ1n) is 3.62. The van der Waals surface area contributed by atoms with Crippen LogP contribution < -0.4 is 5.73 Å². The average molecular weight is 171 g/mol. The summed E-state index contributed by atoms with van der Waals surface area (Å²) in [5.41, 5.74) is 4.96. The van der Waals surface area contributed by atoms with Crippen LogP contribution >= 0.6 is 0 Å². The van der Waals surface area contributed by atoms with Crippen molar-refractivity contribution in [3.63, 3.8) is 0 Å². The van der Waals surface area contributed by atoms with Gasteiger partial charge in [-0.2, -0.15) is 0 Å². The van der Waals surface area contributed by atoms with Gasteiger partial charge in [-0.1, -0.05) is 0 Å². The Morgan fingerprint density at radius 1 is 1.50 bits per heavy atom. The standard InChI is InChI=1S/C7H13N3O2/c1-4-9-7(12)10(5(2)3)6(8)11/h4-5H,1-3H3,(H2,8,11). The number of nitrogens with zero attached hydrogens (tertiary/aromatic N) is 2. The van der Waals surface area contributed by atoms with Crippen molar-refractivity contribution in [3.05, 3.63) is 0 Å². The van der Waals surface area contributed by atoms with Crippen molar-refractivity contribution in [1.29, 1.82) is 0 Å². The van der Waals surface area contributed by atoms with Gasteiger partial charge in [0.2, 0.25) is 0 Å². The third-order valence-electron chi connectivity index (χ3n) is 1.20. The Kier molecular flexibility index (Phi) is 3.96. The molecular weight excluding hydrogens is 158 g/mol. The quantitative estimate of drug-likeness (QED) is 0.597. The van der Waals surface area contributed by atoms with Crippen LogP contribution in [0.4, 0.5) is 9.59 Å². The summed E-state index contributed by atoms with van der Waals surface area (Å²) in [5.74, 6) is 0. The first-order valence-corrected chi connectivity index (χ1v) is 3.62. The predicted octanol–water partition coefficient (Wildman–Crippen LogP) is 0.986. The highest BCUT2D eigenvalue weighted by atomic mass is 16.2. The van der Waals surface area contributed by atoms with Crippen LogP contribution in [0.5, 0.6) is 0 Å². The van der Waals surface area contributed by atoms with Gasteiger partial charge in [0, 0.05) is 12.3 Å². The second-order valence-corrected chi connectivity index (χ2v) is 2.47. The fraction of sp³-hybridized carbons (Fsp3) is 0.571. The van der Waals surface area contributed by atoms with Crippen LogP contribution in [0.2, 0.25) is 0 Å². The van der Waals surface area contributed by atoms with Gasteiger partial charge in [-0.3, -0.25) is 0 Å². The van der Waals surface area contributed by atoms with E-state index in [2.05, 4.69) is 4.99 Å². The lowest BCUT2D eigenvalue weighted by atomic mass is 10.3. The molecule has 5 nitrogen and oxygen atoms in total. The zero-order valence-electron chi connectivity index (χ0n) is 7.44. The number of aliphatic imine (C=N–C) groups is 1. The minimum Gasteiger partial charge on any atom is -0.351 e. The number of carbonyl (C=O) groups excluding carboxylic acids is 2. The summed E-state index contributed by atoms with van der Waals surface area (Å²) in [5, 5.41) is 0. The van der Waals surface area contributed by atoms with Gasteiger partial charge in [0.25, 0.3) is 0 Å². The van der Waals surface area contributed by atoms with Crippen LogP contribution in [0.3, 0.4) is 0 Å². The van der Waals surface area contributed by atoms with E-state index in [0.717, 1.165) is 4.90 Å². The largest absolute Gasteiger partial charge is 0.351 e. The molecule has 5 heteroatoms. The molecule has 0 rings (SSSR count). The second-order valence-electron chi connectivity index (χ2n) is 2.47. The van der Waals surface area contributed by atoms with Crippen molar-refractivity contribution in [2.75, 3.05) is 0 Å². The van der Waals surface area contributed by atoms with E-state index in [1.165, 1.54) is 6.21 Å². The number of hydrogen-bond acceptors (Lipinski definition) is 2. The summed E-state index contributed by atoms with van der Waals surface area (Å²) in [7, 11) is 0. The lowest BCUT2D eigenvalue weighted by molar-refractivity contribution is 0.187. The monoisotopic (exact) mass is 171 g/mol. The van der Waals surface area contributed by atoms with Gasteiger partial charge in [-0.05, 0) is 20.8 Å². The highest BCUT2D eigenvalue weighted by Gasteiger charge is 2.20. The molecule has 0 atom stereocenters. The lowest BCUT2D eigenvalue weighted by Crippen LogP contribution is -2.43. The summed E-state index contributed by atoms with van der Waals surface area (Å²) in [4.78, 5) is 26.1. The molecule has 0 spiro atoms. The number of imide groups is 1. The summed E-state index contributed by atoms with van der Waals surface area (Å²) < 4.78 is 0. The van der Waals surface area contributed by atoms with Crippen molar-refractivity contribution in [1.82, 2.24) is 4.90 Å². The first-order chi connectivity index (χ1) is 5.50. The maximum Gasteiger partial charge on any atom is 0.351 e. The van der Waals surface area contributed by atoms with Gasteiger partial charge in [-0.15, -0.1) is 0 Å². The Hall–Kier alpha value is -1.39. The normalized spacial score (nSPS) is 10.7. The molecule has 0 aromatic heterocycles. The molecule has 2 N–H and O–H groups in total. The smallest absolute Gasteiger partial charge is 0.351 e. The summed E-state index contributed by atoms with van der Waals surface area (Å²) >= 11 is 0. The number of primary amides is 1. The van der Waals surface area contributed by atoms with E-state index in [4.69, 9.17) is 5.73 Å². The van der Waals surface area contributed by atoms with Crippen LogP contribution in [-0.4, -0.2) is 29.2 Å². The molecule has 4 amide bonds. The molecule has 68 valence electrons. The van der Waals surface area contributed by atoms with E-state index in [-0.39, 0.29) is 6.04 Å². The zero-order chi connectivity index (χ0) is 9.72. The number of amides is 4.